The van der Waals surface area contributed by atoms with Crippen LogP contribution in [0.15, 0.2) is 24.3 Å². The van der Waals surface area contributed by atoms with E-state index in [4.69, 9.17) is 0 Å². The Morgan fingerprint density at radius 2 is 1.17 bits per heavy atom. The van der Waals surface area contributed by atoms with Crippen molar-refractivity contribution in [3.05, 3.63) is 29.8 Å². The van der Waals surface area contributed by atoms with Gasteiger partial charge in [0, 0.05) is 0 Å². The van der Waals surface area contributed by atoms with Crippen LogP contribution in [0.2, 0.25) is 0 Å². The Morgan fingerprint density at radius 1 is 0.655 bits per heavy atom. The summed E-state index contributed by atoms with van der Waals surface area (Å²) in [4.78, 5) is 0. The molecule has 0 heterocycles. The topological polar surface area (TPSA) is 20.2 Å². The summed E-state index contributed by atoms with van der Waals surface area (Å²) in [7, 11) is 0. The zero-order chi connectivity index (χ0) is 19.7. The summed E-state index contributed by atoms with van der Waals surface area (Å²) in [5.74, 6) is 3.59. The molecule has 8 bridgehead atoms. The van der Waals surface area contributed by atoms with E-state index >= 15 is 0 Å². The van der Waals surface area contributed by atoms with Gasteiger partial charge in [-0.25, -0.2) is 0 Å². The van der Waals surface area contributed by atoms with Crippen LogP contribution in [0.1, 0.15) is 96.5 Å². The van der Waals surface area contributed by atoms with Crippen LogP contribution in [0, 0.1) is 39.4 Å². The summed E-state index contributed by atoms with van der Waals surface area (Å²) in [5.41, 5.74) is 4.18. The molecule has 156 valence electrons. The van der Waals surface area contributed by atoms with Gasteiger partial charge in [0.1, 0.15) is 5.75 Å². The fourth-order valence-electron chi connectivity index (χ4n) is 12.1. The van der Waals surface area contributed by atoms with Crippen LogP contribution >= 0.6 is 0 Å². The lowest BCUT2D eigenvalue weighted by Crippen LogP contribution is -2.67. The summed E-state index contributed by atoms with van der Waals surface area (Å²) in [5, 5.41) is 9.94. The largest absolute Gasteiger partial charge is 0.508 e. The Bertz CT molecular complexity index is 810. The molecule has 8 saturated carbocycles. The van der Waals surface area contributed by atoms with Crippen molar-refractivity contribution in [3.8, 4) is 5.75 Å². The van der Waals surface area contributed by atoms with Gasteiger partial charge in [0.15, 0.2) is 0 Å². The summed E-state index contributed by atoms with van der Waals surface area (Å²) in [6, 6.07) is 8.47. The Labute approximate surface area is 176 Å². The van der Waals surface area contributed by atoms with Crippen molar-refractivity contribution >= 4 is 0 Å². The SMILES string of the molecule is CC12CC3(C)CC(c4ccc(O)cc4)(C1)CC(C14CC5CC(CC(C5)C1)C4)(C2)C3. The molecule has 8 fully saturated rings. The van der Waals surface area contributed by atoms with E-state index in [0.29, 0.717) is 32.8 Å². The van der Waals surface area contributed by atoms with Crippen LogP contribution in [0.5, 0.6) is 5.75 Å². The molecule has 29 heavy (non-hydrogen) atoms. The molecule has 1 aromatic rings. The molecule has 0 spiro atoms. The predicted octanol–water partition coefficient (Wildman–Crippen LogP) is 7.23. The van der Waals surface area contributed by atoms with Crippen molar-refractivity contribution in [1.29, 1.82) is 0 Å². The second-order valence-corrected chi connectivity index (χ2v) is 14.0. The maximum absolute atomic E-state index is 9.94. The number of phenols is 1. The molecule has 2 unspecified atom stereocenters. The second-order valence-electron chi connectivity index (χ2n) is 14.0. The van der Waals surface area contributed by atoms with Crippen LogP contribution in [0.3, 0.4) is 0 Å². The Morgan fingerprint density at radius 3 is 1.69 bits per heavy atom. The van der Waals surface area contributed by atoms with Crippen molar-refractivity contribution in [2.45, 2.75) is 96.3 Å². The van der Waals surface area contributed by atoms with Crippen molar-refractivity contribution in [2.75, 3.05) is 0 Å². The average Bonchev–Trinajstić information content (AvgIpc) is 2.58. The van der Waals surface area contributed by atoms with E-state index in [-0.39, 0.29) is 0 Å². The standard InChI is InChI=1S/C28H38O/c1-24-13-25(2)15-26(14-24,22-3-5-23(29)6-4-22)18-28(16-24,17-25)27-10-19-7-20(11-27)9-21(8-19)12-27/h3-6,19-21,29H,7-18H2,1-2H3. The molecule has 0 amide bonds. The van der Waals surface area contributed by atoms with Gasteiger partial charge in [0.05, 0.1) is 0 Å². The van der Waals surface area contributed by atoms with E-state index in [0.717, 1.165) is 17.8 Å². The summed E-state index contributed by atoms with van der Waals surface area (Å²) in [6.45, 7) is 5.32. The van der Waals surface area contributed by atoms with Crippen molar-refractivity contribution < 1.29 is 5.11 Å². The normalized spacial score (nSPS) is 56.8. The van der Waals surface area contributed by atoms with Crippen LogP contribution in [0.4, 0.5) is 0 Å². The van der Waals surface area contributed by atoms with Gasteiger partial charge in [-0.05, 0) is 140 Å². The van der Waals surface area contributed by atoms with Gasteiger partial charge in [-0.3, -0.25) is 0 Å². The molecule has 1 heteroatoms. The molecule has 0 radical (unpaired) electrons. The maximum atomic E-state index is 9.94. The first-order valence-corrected chi connectivity index (χ1v) is 12.5. The van der Waals surface area contributed by atoms with E-state index < -0.39 is 0 Å². The molecule has 1 nitrogen and oxygen atoms in total. The number of rotatable bonds is 2. The number of hydrogen-bond donors (Lipinski definition) is 1. The van der Waals surface area contributed by atoms with Crippen LogP contribution in [-0.2, 0) is 5.41 Å². The van der Waals surface area contributed by atoms with Gasteiger partial charge in [0.25, 0.3) is 0 Å². The second kappa shape index (κ2) is 5.08. The van der Waals surface area contributed by atoms with Gasteiger partial charge in [-0.1, -0.05) is 26.0 Å². The lowest BCUT2D eigenvalue weighted by atomic mass is 9.28. The number of hydrogen-bond acceptors (Lipinski definition) is 1. The molecule has 0 aliphatic heterocycles. The molecule has 9 rings (SSSR count). The van der Waals surface area contributed by atoms with Crippen molar-refractivity contribution in [3.63, 3.8) is 0 Å². The third-order valence-electron chi connectivity index (χ3n) is 11.2. The summed E-state index contributed by atoms with van der Waals surface area (Å²) >= 11 is 0. The van der Waals surface area contributed by atoms with E-state index in [1.54, 1.807) is 44.1 Å². The highest BCUT2D eigenvalue weighted by Gasteiger charge is 2.72. The Balaban J connectivity index is 1.38. The minimum absolute atomic E-state index is 0.356. The molecular weight excluding hydrogens is 352 g/mol. The third-order valence-corrected chi connectivity index (χ3v) is 11.2. The Kier molecular flexibility index (Phi) is 3.10. The van der Waals surface area contributed by atoms with E-state index in [1.807, 2.05) is 12.1 Å². The van der Waals surface area contributed by atoms with Crippen molar-refractivity contribution in [1.82, 2.24) is 0 Å². The monoisotopic (exact) mass is 390 g/mol. The quantitative estimate of drug-likeness (QED) is 0.565. The van der Waals surface area contributed by atoms with E-state index in [9.17, 15) is 5.11 Å². The van der Waals surface area contributed by atoms with Crippen LogP contribution in [0.25, 0.3) is 0 Å². The summed E-state index contributed by atoms with van der Waals surface area (Å²) < 4.78 is 0. The minimum Gasteiger partial charge on any atom is -0.508 e. The lowest BCUT2D eigenvalue weighted by Gasteiger charge is -2.76. The minimum atomic E-state index is 0.356. The number of benzene rings is 1. The first-order valence-electron chi connectivity index (χ1n) is 12.5. The fourth-order valence-corrected chi connectivity index (χ4v) is 12.1. The van der Waals surface area contributed by atoms with Gasteiger partial charge in [-0.2, -0.15) is 0 Å². The highest BCUT2D eigenvalue weighted by atomic mass is 16.3. The Hall–Kier alpha value is -0.980. The zero-order valence-electron chi connectivity index (χ0n) is 18.5. The maximum Gasteiger partial charge on any atom is 0.115 e. The molecule has 0 saturated heterocycles. The van der Waals surface area contributed by atoms with Crippen LogP contribution in [-0.4, -0.2) is 5.11 Å². The molecule has 8 aliphatic rings. The molecule has 0 aromatic heterocycles. The zero-order valence-corrected chi connectivity index (χ0v) is 18.5. The first kappa shape index (κ1) is 17.7. The van der Waals surface area contributed by atoms with Gasteiger partial charge >= 0.3 is 0 Å². The van der Waals surface area contributed by atoms with Gasteiger partial charge in [-0.15, -0.1) is 0 Å². The lowest BCUT2D eigenvalue weighted by molar-refractivity contribution is -0.246. The molecule has 2 atom stereocenters. The van der Waals surface area contributed by atoms with E-state index in [2.05, 4.69) is 26.0 Å². The highest BCUT2D eigenvalue weighted by molar-refractivity contribution is 5.37. The van der Waals surface area contributed by atoms with Crippen molar-refractivity contribution in [2.24, 2.45) is 39.4 Å². The number of aromatic hydroxyl groups is 1. The first-order chi connectivity index (χ1) is 13.7. The molecule has 1 N–H and O–H groups in total. The number of phenolic OH excluding ortho intramolecular Hbond substituents is 1. The van der Waals surface area contributed by atoms with Crippen LogP contribution < -0.4 is 0 Å². The van der Waals surface area contributed by atoms with E-state index in [1.165, 1.54) is 38.5 Å². The molecular formula is C28H38O. The molecule has 8 aliphatic carbocycles. The van der Waals surface area contributed by atoms with Gasteiger partial charge in [0.2, 0.25) is 0 Å². The molecule has 1 aromatic carbocycles. The third kappa shape index (κ3) is 2.23. The highest BCUT2D eigenvalue weighted by Crippen LogP contribution is 2.81. The summed E-state index contributed by atoms with van der Waals surface area (Å²) in [6.07, 6.45) is 18.1. The fraction of sp³-hybridized carbons (Fsp3) is 0.786. The van der Waals surface area contributed by atoms with Gasteiger partial charge < -0.3 is 5.11 Å². The smallest absolute Gasteiger partial charge is 0.115 e. The average molecular weight is 391 g/mol. The predicted molar refractivity (Wildman–Crippen MR) is 117 cm³/mol.